The summed E-state index contributed by atoms with van der Waals surface area (Å²) >= 11 is 0. The van der Waals surface area contributed by atoms with Gasteiger partial charge in [-0.15, -0.1) is 0 Å². The van der Waals surface area contributed by atoms with E-state index in [9.17, 15) is 30.0 Å². The molecule has 0 aromatic heterocycles. The van der Waals surface area contributed by atoms with Crippen molar-refractivity contribution in [2.24, 2.45) is 0 Å². The molecule has 10 nitrogen and oxygen atoms in total. The summed E-state index contributed by atoms with van der Waals surface area (Å²) in [5, 5.41) is 39.9. The lowest BCUT2D eigenvalue weighted by Gasteiger charge is -2.39. The number of aliphatic hydroxyl groups is 4. The minimum atomic E-state index is -1.60. The van der Waals surface area contributed by atoms with Crippen molar-refractivity contribution in [3.63, 3.8) is 0 Å². The Hall–Kier alpha value is -1.82. The molecule has 1 fully saturated rings. The van der Waals surface area contributed by atoms with E-state index in [1.165, 1.54) is 77.0 Å². The second-order valence-corrected chi connectivity index (χ2v) is 14.1. The summed E-state index contributed by atoms with van der Waals surface area (Å²) < 4.78 is 22.0. The molecule has 0 aromatic rings. The zero-order chi connectivity index (χ0) is 37.4. The van der Waals surface area contributed by atoms with E-state index in [1.807, 2.05) is 6.08 Å². The van der Waals surface area contributed by atoms with Crippen LogP contribution in [0.5, 0.6) is 0 Å². The van der Waals surface area contributed by atoms with Crippen molar-refractivity contribution in [2.45, 2.75) is 205 Å². The maximum absolute atomic E-state index is 12.7. The van der Waals surface area contributed by atoms with Crippen molar-refractivity contribution < 1.29 is 49.0 Å². The number of unbranched alkanes of at least 4 members (excludes halogenated alkanes) is 18. The maximum Gasteiger partial charge on any atom is 0.306 e. The van der Waals surface area contributed by atoms with E-state index >= 15 is 0 Å². The normalized spacial score (nSPS) is 21.4. The molecule has 0 aliphatic carbocycles. The van der Waals surface area contributed by atoms with E-state index in [2.05, 4.69) is 32.1 Å². The van der Waals surface area contributed by atoms with E-state index in [0.29, 0.717) is 12.8 Å². The Morgan fingerprint density at radius 1 is 0.588 bits per heavy atom. The van der Waals surface area contributed by atoms with Crippen LogP contribution >= 0.6 is 0 Å². The summed E-state index contributed by atoms with van der Waals surface area (Å²) in [5.74, 6) is -0.874. The molecule has 10 heteroatoms. The fourth-order valence-corrected chi connectivity index (χ4v) is 6.01. The van der Waals surface area contributed by atoms with Crippen LogP contribution in [0.1, 0.15) is 168 Å². The Bertz CT molecular complexity index is 892. The highest BCUT2D eigenvalue weighted by Crippen LogP contribution is 2.22. The van der Waals surface area contributed by atoms with E-state index < -0.39 is 55.4 Å². The highest BCUT2D eigenvalue weighted by atomic mass is 16.7. The monoisotopic (exact) mass is 727 g/mol. The second kappa shape index (κ2) is 32.8. The lowest BCUT2D eigenvalue weighted by molar-refractivity contribution is -0.305. The Balaban J connectivity index is 2.39. The number of allylic oxidation sites excluding steroid dienone is 4. The first kappa shape index (κ1) is 47.2. The minimum Gasteiger partial charge on any atom is -0.462 e. The van der Waals surface area contributed by atoms with Crippen LogP contribution in [0.4, 0.5) is 0 Å². The molecule has 1 saturated heterocycles. The van der Waals surface area contributed by atoms with Gasteiger partial charge in [-0.3, -0.25) is 9.59 Å². The first-order valence-corrected chi connectivity index (χ1v) is 20.4. The van der Waals surface area contributed by atoms with E-state index in [1.54, 1.807) is 0 Å². The average molecular weight is 727 g/mol. The number of hydrogen-bond acceptors (Lipinski definition) is 10. The van der Waals surface area contributed by atoms with Gasteiger partial charge in [-0.1, -0.05) is 134 Å². The van der Waals surface area contributed by atoms with Crippen LogP contribution < -0.4 is 0 Å². The van der Waals surface area contributed by atoms with Gasteiger partial charge in [0.2, 0.25) is 0 Å². The summed E-state index contributed by atoms with van der Waals surface area (Å²) in [7, 11) is 0. The molecule has 1 aliphatic heterocycles. The molecule has 298 valence electrons. The molecular weight excluding hydrogens is 652 g/mol. The SMILES string of the molecule is CCCC/C=C/CCCCCCCC(=O)O[C@@H](COC(=O)CC/C=C/CCCCCCCCCCCCC)CO[C@H]1O[C@@H](CO)[C@@H](O)C(O)C1O. The molecule has 0 amide bonds. The van der Waals surface area contributed by atoms with Gasteiger partial charge in [0.05, 0.1) is 13.2 Å². The average Bonchev–Trinajstić information content (AvgIpc) is 3.13. The summed E-state index contributed by atoms with van der Waals surface area (Å²) in [6.45, 7) is 3.32. The first-order chi connectivity index (χ1) is 24.8. The third kappa shape index (κ3) is 24.9. The number of carbonyl (C=O) groups is 2. The zero-order valence-electron chi connectivity index (χ0n) is 32.1. The molecular formula is C41H74O10. The smallest absolute Gasteiger partial charge is 0.306 e. The van der Waals surface area contributed by atoms with Crippen molar-refractivity contribution >= 4 is 11.9 Å². The molecule has 51 heavy (non-hydrogen) atoms. The van der Waals surface area contributed by atoms with E-state index in [0.717, 1.165) is 51.4 Å². The van der Waals surface area contributed by atoms with Gasteiger partial charge in [-0.2, -0.15) is 0 Å². The van der Waals surface area contributed by atoms with Crippen LogP contribution in [-0.2, 0) is 28.5 Å². The Kier molecular flexibility index (Phi) is 30.4. The number of aliphatic hydroxyl groups excluding tert-OH is 4. The third-order valence-corrected chi connectivity index (χ3v) is 9.32. The largest absolute Gasteiger partial charge is 0.462 e. The maximum atomic E-state index is 12.7. The molecule has 0 bridgehead atoms. The van der Waals surface area contributed by atoms with Crippen LogP contribution in [0.15, 0.2) is 24.3 Å². The zero-order valence-corrected chi connectivity index (χ0v) is 32.1. The van der Waals surface area contributed by atoms with Crippen molar-refractivity contribution in [3.05, 3.63) is 24.3 Å². The molecule has 0 radical (unpaired) electrons. The number of rotatable bonds is 33. The predicted octanol–water partition coefficient (Wildman–Crippen LogP) is 7.77. The third-order valence-electron chi connectivity index (χ3n) is 9.32. The summed E-state index contributed by atoms with van der Waals surface area (Å²) in [6, 6.07) is 0. The van der Waals surface area contributed by atoms with Crippen LogP contribution in [0.2, 0.25) is 0 Å². The topological polar surface area (TPSA) is 152 Å². The van der Waals surface area contributed by atoms with Crippen molar-refractivity contribution in [1.82, 2.24) is 0 Å². The fraction of sp³-hybridized carbons (Fsp3) is 0.854. The van der Waals surface area contributed by atoms with Crippen molar-refractivity contribution in [1.29, 1.82) is 0 Å². The number of esters is 2. The second-order valence-electron chi connectivity index (χ2n) is 14.1. The van der Waals surface area contributed by atoms with Gasteiger partial charge < -0.3 is 39.4 Å². The van der Waals surface area contributed by atoms with Gasteiger partial charge in [-0.05, 0) is 44.9 Å². The summed E-state index contributed by atoms with van der Waals surface area (Å²) in [5.41, 5.74) is 0. The molecule has 2 unspecified atom stereocenters. The van der Waals surface area contributed by atoms with Crippen LogP contribution in [0, 0.1) is 0 Å². The van der Waals surface area contributed by atoms with Gasteiger partial charge in [0.25, 0.3) is 0 Å². The molecule has 1 heterocycles. The van der Waals surface area contributed by atoms with Crippen LogP contribution in [-0.4, -0.2) is 89.0 Å². The Morgan fingerprint density at radius 3 is 1.67 bits per heavy atom. The summed E-state index contributed by atoms with van der Waals surface area (Å²) in [6.07, 6.45) is 26.3. The van der Waals surface area contributed by atoms with E-state index in [4.69, 9.17) is 18.9 Å². The van der Waals surface area contributed by atoms with Crippen LogP contribution in [0.25, 0.3) is 0 Å². The first-order valence-electron chi connectivity index (χ1n) is 20.4. The molecule has 1 aliphatic rings. The van der Waals surface area contributed by atoms with Crippen LogP contribution in [0.3, 0.4) is 0 Å². The highest BCUT2D eigenvalue weighted by molar-refractivity contribution is 5.70. The van der Waals surface area contributed by atoms with Gasteiger partial charge in [-0.25, -0.2) is 0 Å². The fourth-order valence-electron chi connectivity index (χ4n) is 6.01. The molecule has 1 rings (SSSR count). The molecule has 0 spiro atoms. The highest BCUT2D eigenvalue weighted by Gasteiger charge is 2.44. The molecule has 0 aromatic carbocycles. The predicted molar refractivity (Wildman–Crippen MR) is 201 cm³/mol. The summed E-state index contributed by atoms with van der Waals surface area (Å²) in [4.78, 5) is 25.1. The van der Waals surface area contributed by atoms with Crippen molar-refractivity contribution in [3.8, 4) is 0 Å². The molecule has 6 atom stereocenters. The number of ether oxygens (including phenoxy) is 4. The standard InChI is InChI=1S/C41H74O10/c1-3-5-7-9-11-13-15-16-17-18-20-21-23-25-27-29-36(43)48-32-34(33-49-41-40(47)39(46)38(45)35(31-42)51-41)50-37(44)30-28-26-24-22-19-14-12-10-8-6-4-2/h10,12,23,25,34-35,38-42,45-47H,3-9,11,13-22,24,26-33H2,1-2H3/b12-10+,25-23+/t34-,35-,38+,39?,40?,41-/m0/s1. The number of hydrogen-bond donors (Lipinski definition) is 4. The Morgan fingerprint density at radius 2 is 1.10 bits per heavy atom. The molecule has 4 N–H and O–H groups in total. The Labute approximate surface area is 309 Å². The number of carbonyl (C=O) groups excluding carboxylic acids is 2. The van der Waals surface area contributed by atoms with Gasteiger partial charge in [0, 0.05) is 12.8 Å². The lowest BCUT2D eigenvalue weighted by Crippen LogP contribution is -2.59. The quantitative estimate of drug-likeness (QED) is 0.0300. The van der Waals surface area contributed by atoms with Gasteiger partial charge in [0.15, 0.2) is 12.4 Å². The molecule has 0 saturated carbocycles. The van der Waals surface area contributed by atoms with Crippen molar-refractivity contribution in [2.75, 3.05) is 19.8 Å². The minimum absolute atomic E-state index is 0.192. The lowest BCUT2D eigenvalue weighted by atomic mass is 9.99. The van der Waals surface area contributed by atoms with E-state index in [-0.39, 0.29) is 26.1 Å². The van der Waals surface area contributed by atoms with Gasteiger partial charge >= 0.3 is 11.9 Å². The van der Waals surface area contributed by atoms with Gasteiger partial charge in [0.1, 0.15) is 31.0 Å².